The van der Waals surface area contributed by atoms with E-state index >= 15 is 0 Å². The van der Waals surface area contributed by atoms with Crippen LogP contribution in [0.15, 0.2) is 67.3 Å². The number of nitrogen functional groups attached to an aromatic ring is 1. The van der Waals surface area contributed by atoms with E-state index in [1.807, 2.05) is 30.3 Å². The van der Waals surface area contributed by atoms with Crippen molar-refractivity contribution in [2.75, 3.05) is 50.4 Å². The van der Waals surface area contributed by atoms with Crippen LogP contribution in [0.2, 0.25) is 0 Å². The van der Waals surface area contributed by atoms with Crippen LogP contribution in [0.25, 0.3) is 22.4 Å². The Morgan fingerprint density at radius 2 is 1.68 bits per heavy atom. The molecule has 9 nitrogen and oxygen atoms in total. The lowest BCUT2D eigenvalue weighted by Gasteiger charge is -2.26. The highest BCUT2D eigenvalue weighted by Crippen LogP contribution is 2.37. The molecule has 0 aliphatic carbocycles. The quantitative estimate of drug-likeness (QED) is 0.231. The van der Waals surface area contributed by atoms with E-state index < -0.39 is 0 Å². The normalized spacial score (nSPS) is 13.8. The van der Waals surface area contributed by atoms with Crippen molar-refractivity contribution in [2.24, 2.45) is 0 Å². The van der Waals surface area contributed by atoms with Gasteiger partial charge in [0.15, 0.2) is 0 Å². The van der Waals surface area contributed by atoms with Gasteiger partial charge in [0.25, 0.3) is 0 Å². The maximum absolute atomic E-state index is 6.27. The van der Waals surface area contributed by atoms with Crippen LogP contribution < -0.4 is 15.8 Å². The Labute approximate surface area is 242 Å². The Kier molecular flexibility index (Phi) is 9.72. The van der Waals surface area contributed by atoms with E-state index in [2.05, 4.69) is 67.1 Å². The van der Waals surface area contributed by atoms with Gasteiger partial charge in [-0.15, -0.1) is 0 Å². The third kappa shape index (κ3) is 7.56. The first-order valence-corrected chi connectivity index (χ1v) is 14.6. The molecule has 0 saturated carbocycles. The highest BCUT2D eigenvalue weighted by molar-refractivity contribution is 5.90. The summed E-state index contributed by atoms with van der Waals surface area (Å²) in [5.74, 6) is 1.61. The predicted molar refractivity (Wildman–Crippen MR) is 165 cm³/mol. The van der Waals surface area contributed by atoms with Gasteiger partial charge in [-0.2, -0.15) is 4.98 Å². The Morgan fingerprint density at radius 3 is 2.41 bits per heavy atom. The molecule has 5 rings (SSSR count). The summed E-state index contributed by atoms with van der Waals surface area (Å²) in [5, 5.41) is 3.53. The molecule has 0 amide bonds. The molecule has 1 aliphatic heterocycles. The fraction of sp³-hybridized carbons (Fsp3) is 0.375. The van der Waals surface area contributed by atoms with Crippen molar-refractivity contribution in [3.05, 3.63) is 72.8 Å². The topological polar surface area (TPSA) is 105 Å². The fourth-order valence-corrected chi connectivity index (χ4v) is 5.28. The van der Waals surface area contributed by atoms with Gasteiger partial charge in [-0.25, -0.2) is 15.0 Å². The number of nitrogens with zero attached hydrogens (tertiary/aromatic N) is 6. The van der Waals surface area contributed by atoms with Gasteiger partial charge in [-0.05, 0) is 81.0 Å². The van der Waals surface area contributed by atoms with Crippen molar-refractivity contribution in [3.8, 4) is 28.1 Å². The molecule has 2 aromatic heterocycles. The minimum atomic E-state index is 0.187. The van der Waals surface area contributed by atoms with Gasteiger partial charge in [0, 0.05) is 42.3 Å². The van der Waals surface area contributed by atoms with Crippen LogP contribution in [0.5, 0.6) is 5.75 Å². The molecule has 0 spiro atoms. The summed E-state index contributed by atoms with van der Waals surface area (Å²) in [6, 6.07) is 16.4. The second kappa shape index (κ2) is 14.0. The van der Waals surface area contributed by atoms with Crippen LogP contribution in [-0.4, -0.2) is 69.1 Å². The smallest absolute Gasteiger partial charge is 0.222 e. The van der Waals surface area contributed by atoms with E-state index in [1.165, 1.54) is 31.2 Å². The molecule has 3 heterocycles. The zero-order valence-corrected chi connectivity index (χ0v) is 24.1. The highest BCUT2D eigenvalue weighted by atomic mass is 16.5. The van der Waals surface area contributed by atoms with Gasteiger partial charge in [-0.1, -0.05) is 32.4 Å². The van der Waals surface area contributed by atoms with E-state index in [9.17, 15) is 0 Å². The second-order valence-corrected chi connectivity index (χ2v) is 10.3. The highest BCUT2D eigenvalue weighted by Gasteiger charge is 2.19. The lowest BCUT2D eigenvalue weighted by molar-refractivity contribution is 0.221. The molecule has 41 heavy (non-hydrogen) atoms. The van der Waals surface area contributed by atoms with Crippen LogP contribution in [0.3, 0.4) is 0 Å². The van der Waals surface area contributed by atoms with E-state index in [1.54, 1.807) is 12.4 Å². The van der Waals surface area contributed by atoms with Gasteiger partial charge in [0.2, 0.25) is 5.95 Å². The summed E-state index contributed by atoms with van der Waals surface area (Å²) in [7, 11) is 0. The Balaban J connectivity index is 1.43. The van der Waals surface area contributed by atoms with Crippen molar-refractivity contribution >= 4 is 17.5 Å². The Bertz CT molecular complexity index is 1390. The lowest BCUT2D eigenvalue weighted by atomic mass is 10.0. The molecule has 2 aromatic carbocycles. The van der Waals surface area contributed by atoms with Crippen molar-refractivity contribution in [3.63, 3.8) is 0 Å². The number of hydrogen-bond acceptors (Lipinski definition) is 9. The predicted octanol–water partition coefficient (Wildman–Crippen LogP) is 5.63. The minimum Gasteiger partial charge on any atom is -0.492 e. The zero-order chi connectivity index (χ0) is 28.4. The minimum absolute atomic E-state index is 0.187. The monoisotopic (exact) mass is 552 g/mol. The van der Waals surface area contributed by atoms with E-state index in [0.29, 0.717) is 18.1 Å². The number of rotatable bonds is 12. The number of anilines is 3. The largest absolute Gasteiger partial charge is 0.492 e. The molecule has 1 saturated heterocycles. The van der Waals surface area contributed by atoms with Gasteiger partial charge >= 0.3 is 0 Å². The first-order valence-electron chi connectivity index (χ1n) is 14.6. The lowest BCUT2D eigenvalue weighted by Crippen LogP contribution is -2.29. The van der Waals surface area contributed by atoms with Crippen LogP contribution in [0.4, 0.5) is 17.5 Å². The third-order valence-corrected chi connectivity index (χ3v) is 7.52. The molecule has 0 unspecified atom stereocenters. The van der Waals surface area contributed by atoms with Crippen LogP contribution >= 0.6 is 0 Å². The van der Waals surface area contributed by atoms with Crippen LogP contribution in [0.1, 0.15) is 38.7 Å². The first-order chi connectivity index (χ1) is 20.1. The van der Waals surface area contributed by atoms with Gasteiger partial charge in [0.05, 0.1) is 11.3 Å². The van der Waals surface area contributed by atoms with Crippen molar-refractivity contribution in [2.45, 2.75) is 39.7 Å². The molecular weight excluding hydrogens is 512 g/mol. The molecule has 9 heteroatoms. The second-order valence-electron chi connectivity index (χ2n) is 10.3. The van der Waals surface area contributed by atoms with Crippen LogP contribution in [-0.2, 0) is 6.54 Å². The number of piperidine rings is 1. The molecule has 1 fully saturated rings. The maximum atomic E-state index is 6.27. The summed E-state index contributed by atoms with van der Waals surface area (Å²) in [4.78, 5) is 22.7. The first kappa shape index (κ1) is 28.4. The SMILES string of the molecule is CCN(CC)CCOc1ccc(-c2nc(N)nc(Nc3cccc(CN4CCCCC4)c3)c2-c2cncnc2)cc1. The molecule has 3 N–H and O–H groups in total. The van der Waals surface area contributed by atoms with Crippen molar-refractivity contribution in [1.82, 2.24) is 29.7 Å². The van der Waals surface area contributed by atoms with Gasteiger partial charge < -0.3 is 20.7 Å². The standard InChI is InChI=1S/C32H40N8O/c1-3-39(4-2)17-18-41-28-13-11-25(12-14-28)30-29(26-20-34-23-35-21-26)31(38-32(33)37-30)36-27-10-8-9-24(19-27)22-40-15-6-5-7-16-40/h8-14,19-21,23H,3-7,15-18,22H2,1-2H3,(H3,33,36,37,38). The molecule has 0 atom stereocenters. The number of hydrogen-bond donors (Lipinski definition) is 2. The number of benzene rings is 2. The molecule has 214 valence electrons. The summed E-state index contributed by atoms with van der Waals surface area (Å²) >= 11 is 0. The zero-order valence-electron chi connectivity index (χ0n) is 24.1. The molecule has 1 aliphatic rings. The molecule has 0 bridgehead atoms. The number of nitrogens with one attached hydrogen (secondary N) is 1. The number of ether oxygens (including phenoxy) is 1. The molecule has 4 aromatic rings. The Morgan fingerprint density at radius 1 is 0.927 bits per heavy atom. The molecular formula is C32H40N8O. The fourth-order valence-electron chi connectivity index (χ4n) is 5.28. The number of nitrogens with two attached hydrogens (primary N) is 1. The number of aromatic nitrogens is 4. The number of likely N-dealkylation sites (N-methyl/N-ethyl adjacent to an activating group) is 1. The third-order valence-electron chi connectivity index (χ3n) is 7.52. The van der Waals surface area contributed by atoms with E-state index in [4.69, 9.17) is 10.5 Å². The van der Waals surface area contributed by atoms with Gasteiger partial charge in [0.1, 0.15) is 24.5 Å². The average Bonchev–Trinajstić information content (AvgIpc) is 3.00. The molecule has 0 radical (unpaired) electrons. The van der Waals surface area contributed by atoms with E-state index in [0.717, 1.165) is 67.4 Å². The maximum Gasteiger partial charge on any atom is 0.222 e. The summed E-state index contributed by atoms with van der Waals surface area (Å²) in [6.07, 6.45) is 8.93. The summed E-state index contributed by atoms with van der Waals surface area (Å²) in [6.45, 7) is 11.1. The summed E-state index contributed by atoms with van der Waals surface area (Å²) in [5.41, 5.74) is 11.7. The van der Waals surface area contributed by atoms with Crippen molar-refractivity contribution < 1.29 is 4.74 Å². The van der Waals surface area contributed by atoms with Crippen molar-refractivity contribution in [1.29, 1.82) is 0 Å². The van der Waals surface area contributed by atoms with E-state index in [-0.39, 0.29) is 5.95 Å². The van der Waals surface area contributed by atoms with Crippen LogP contribution in [0, 0.1) is 0 Å². The average molecular weight is 553 g/mol. The Hall–Kier alpha value is -4.08. The number of likely N-dealkylation sites (tertiary alicyclic amines) is 1. The summed E-state index contributed by atoms with van der Waals surface area (Å²) < 4.78 is 6.00. The van der Waals surface area contributed by atoms with Gasteiger partial charge in [-0.3, -0.25) is 4.90 Å².